The number of aryl methyl sites for hydroxylation is 1. The second-order valence-corrected chi connectivity index (χ2v) is 10.3. The van der Waals surface area contributed by atoms with E-state index in [-0.39, 0.29) is 11.8 Å². The zero-order valence-corrected chi connectivity index (χ0v) is 22.7. The van der Waals surface area contributed by atoms with Crippen LogP contribution >= 0.6 is 0 Å². The van der Waals surface area contributed by atoms with Gasteiger partial charge in [0.15, 0.2) is 0 Å². The number of anilines is 3. The number of pyridine rings is 1. The third-order valence-electron chi connectivity index (χ3n) is 7.58. The number of benzene rings is 2. The molecule has 2 aliphatic heterocycles. The molecule has 0 spiro atoms. The number of nitrogens with zero attached hydrogens (tertiary/aromatic N) is 4. The first-order valence-corrected chi connectivity index (χ1v) is 14.0. The van der Waals surface area contributed by atoms with Crippen molar-refractivity contribution in [2.45, 2.75) is 32.7 Å². The lowest BCUT2D eigenvalue weighted by atomic mass is 10.1. The minimum Gasteiger partial charge on any atom is -0.378 e. The molecule has 204 valence electrons. The maximum absolute atomic E-state index is 13.0. The van der Waals surface area contributed by atoms with E-state index in [0.29, 0.717) is 31.6 Å². The molecule has 1 aromatic heterocycles. The zero-order valence-electron chi connectivity index (χ0n) is 22.7. The third-order valence-corrected chi connectivity index (χ3v) is 7.58. The van der Waals surface area contributed by atoms with Gasteiger partial charge in [0.05, 0.1) is 23.6 Å². The van der Waals surface area contributed by atoms with E-state index in [1.165, 1.54) is 11.3 Å². The maximum Gasteiger partial charge on any atom is 0.251 e. The molecule has 2 aromatic carbocycles. The third kappa shape index (κ3) is 6.69. The first kappa shape index (κ1) is 26.5. The van der Waals surface area contributed by atoms with E-state index in [0.717, 1.165) is 62.6 Å². The fraction of sp³-hybridized carbons (Fsp3) is 0.387. The Hall–Kier alpha value is -4.07. The monoisotopic (exact) mass is 526 g/mol. The summed E-state index contributed by atoms with van der Waals surface area (Å²) in [5.41, 5.74) is 6.19. The lowest BCUT2D eigenvalue weighted by molar-refractivity contribution is -0.127. The Morgan fingerprint density at radius 2 is 1.69 bits per heavy atom. The lowest BCUT2D eigenvalue weighted by Gasteiger charge is -2.38. The Labute approximate surface area is 231 Å². The Bertz CT molecular complexity index is 1270. The molecule has 0 aliphatic carbocycles. The summed E-state index contributed by atoms with van der Waals surface area (Å²) >= 11 is 0. The molecule has 39 heavy (non-hydrogen) atoms. The molecule has 2 amide bonds. The standard InChI is InChI=1S/C31H38N6O2/c1-24-8-2-3-10-28(24)35-18-20-36(21-19-35)29-13-12-25(22-27(29)34-23-26-9-4-5-14-32-26)31(39)33-15-7-17-37-16-6-11-30(37)38/h2-5,8-10,12-14,22,34H,6-7,11,15-21,23H2,1H3,(H,33,39). The quantitative estimate of drug-likeness (QED) is 0.388. The average Bonchev–Trinajstić information content (AvgIpc) is 3.39. The number of aromatic nitrogens is 1. The molecular formula is C31H38N6O2. The zero-order chi connectivity index (χ0) is 27.0. The highest BCUT2D eigenvalue weighted by Gasteiger charge is 2.22. The highest BCUT2D eigenvalue weighted by molar-refractivity contribution is 5.96. The highest BCUT2D eigenvalue weighted by atomic mass is 16.2. The van der Waals surface area contributed by atoms with Crippen LogP contribution in [0.4, 0.5) is 17.1 Å². The number of hydrogen-bond acceptors (Lipinski definition) is 6. The van der Waals surface area contributed by atoms with Crippen LogP contribution in [-0.4, -0.2) is 67.5 Å². The van der Waals surface area contributed by atoms with Crippen molar-refractivity contribution in [2.24, 2.45) is 0 Å². The lowest BCUT2D eigenvalue weighted by Crippen LogP contribution is -2.47. The normalized spacial score (nSPS) is 15.5. The molecule has 0 unspecified atom stereocenters. The molecule has 8 heteroatoms. The van der Waals surface area contributed by atoms with Crippen molar-refractivity contribution >= 4 is 28.9 Å². The van der Waals surface area contributed by atoms with Gasteiger partial charge in [-0.3, -0.25) is 14.6 Å². The van der Waals surface area contributed by atoms with Crippen LogP contribution in [0.1, 0.15) is 40.9 Å². The number of likely N-dealkylation sites (tertiary alicyclic amines) is 1. The van der Waals surface area contributed by atoms with Crippen LogP contribution in [0, 0.1) is 6.92 Å². The van der Waals surface area contributed by atoms with Crippen LogP contribution in [0.3, 0.4) is 0 Å². The van der Waals surface area contributed by atoms with Crippen LogP contribution in [0.15, 0.2) is 66.9 Å². The number of para-hydroxylation sites is 1. The Morgan fingerprint density at radius 3 is 2.41 bits per heavy atom. The summed E-state index contributed by atoms with van der Waals surface area (Å²) in [5.74, 6) is 0.125. The van der Waals surface area contributed by atoms with Gasteiger partial charge in [-0.25, -0.2) is 0 Å². The Morgan fingerprint density at radius 1 is 0.923 bits per heavy atom. The summed E-state index contributed by atoms with van der Waals surface area (Å²) in [6.45, 7) is 8.48. The van der Waals surface area contributed by atoms with Crippen LogP contribution < -0.4 is 20.4 Å². The van der Waals surface area contributed by atoms with E-state index < -0.39 is 0 Å². The SMILES string of the molecule is Cc1ccccc1N1CCN(c2ccc(C(=O)NCCCN3CCCC3=O)cc2NCc2ccccn2)CC1. The van der Waals surface area contributed by atoms with Crippen molar-refractivity contribution in [1.82, 2.24) is 15.2 Å². The Balaban J connectivity index is 1.25. The largest absolute Gasteiger partial charge is 0.378 e. The van der Waals surface area contributed by atoms with Crippen molar-refractivity contribution in [1.29, 1.82) is 0 Å². The minimum atomic E-state index is -0.0976. The number of carbonyl (C=O) groups excluding carboxylic acids is 2. The molecule has 0 radical (unpaired) electrons. The predicted molar refractivity (Wildman–Crippen MR) is 156 cm³/mol. The summed E-state index contributed by atoms with van der Waals surface area (Å²) in [5, 5.41) is 6.57. The molecule has 0 bridgehead atoms. The van der Waals surface area contributed by atoms with E-state index in [9.17, 15) is 9.59 Å². The van der Waals surface area contributed by atoms with Crippen molar-refractivity contribution in [3.63, 3.8) is 0 Å². The summed E-state index contributed by atoms with van der Waals surface area (Å²) in [6.07, 6.45) is 4.13. The van der Waals surface area contributed by atoms with E-state index in [2.05, 4.69) is 62.7 Å². The summed E-state index contributed by atoms with van der Waals surface area (Å²) in [4.78, 5) is 36.0. The predicted octanol–water partition coefficient (Wildman–Crippen LogP) is 4.07. The molecular weight excluding hydrogens is 488 g/mol. The molecule has 2 aliphatic rings. The first-order valence-electron chi connectivity index (χ1n) is 14.0. The van der Waals surface area contributed by atoms with Crippen molar-refractivity contribution in [2.75, 3.05) is 60.9 Å². The second kappa shape index (κ2) is 12.7. The smallest absolute Gasteiger partial charge is 0.251 e. The number of amides is 2. The van der Waals surface area contributed by atoms with Gasteiger partial charge in [-0.15, -0.1) is 0 Å². The number of nitrogens with one attached hydrogen (secondary N) is 2. The molecule has 0 saturated carbocycles. The molecule has 2 saturated heterocycles. The van der Waals surface area contributed by atoms with Gasteiger partial charge in [0, 0.05) is 69.7 Å². The summed E-state index contributed by atoms with van der Waals surface area (Å²) in [6, 6.07) is 20.4. The maximum atomic E-state index is 13.0. The highest BCUT2D eigenvalue weighted by Crippen LogP contribution is 2.30. The molecule has 2 fully saturated rings. The van der Waals surface area contributed by atoms with Crippen molar-refractivity contribution in [3.05, 3.63) is 83.7 Å². The fourth-order valence-electron chi connectivity index (χ4n) is 5.40. The molecule has 0 atom stereocenters. The minimum absolute atomic E-state index is 0.0976. The van der Waals surface area contributed by atoms with E-state index in [4.69, 9.17) is 0 Å². The second-order valence-electron chi connectivity index (χ2n) is 10.3. The summed E-state index contributed by atoms with van der Waals surface area (Å²) in [7, 11) is 0. The van der Waals surface area contributed by atoms with Gasteiger partial charge < -0.3 is 25.3 Å². The number of hydrogen-bond donors (Lipinski definition) is 2. The molecule has 8 nitrogen and oxygen atoms in total. The van der Waals surface area contributed by atoms with Crippen LogP contribution in [0.2, 0.25) is 0 Å². The first-order chi connectivity index (χ1) is 19.1. The number of piperazine rings is 1. The molecule has 3 heterocycles. The van der Waals surface area contributed by atoms with Crippen molar-refractivity contribution < 1.29 is 9.59 Å². The number of rotatable bonds is 10. The molecule has 2 N–H and O–H groups in total. The van der Waals surface area contributed by atoms with Gasteiger partial charge in [0.25, 0.3) is 5.91 Å². The Kier molecular flexibility index (Phi) is 8.61. The fourth-order valence-corrected chi connectivity index (χ4v) is 5.40. The van der Waals surface area contributed by atoms with E-state index in [1.54, 1.807) is 6.20 Å². The topological polar surface area (TPSA) is 80.8 Å². The molecule has 5 rings (SSSR count). The van der Waals surface area contributed by atoms with E-state index >= 15 is 0 Å². The van der Waals surface area contributed by atoms with Gasteiger partial charge in [0.2, 0.25) is 5.91 Å². The van der Waals surface area contributed by atoms with Gasteiger partial charge in [-0.2, -0.15) is 0 Å². The van der Waals surface area contributed by atoms with Crippen molar-refractivity contribution in [3.8, 4) is 0 Å². The summed E-state index contributed by atoms with van der Waals surface area (Å²) < 4.78 is 0. The van der Waals surface area contributed by atoms with Gasteiger partial charge in [-0.05, 0) is 61.7 Å². The van der Waals surface area contributed by atoms with E-state index in [1.807, 2.05) is 35.2 Å². The van der Waals surface area contributed by atoms with Crippen LogP contribution in [-0.2, 0) is 11.3 Å². The van der Waals surface area contributed by atoms with Gasteiger partial charge in [-0.1, -0.05) is 24.3 Å². The van der Waals surface area contributed by atoms with Gasteiger partial charge in [0.1, 0.15) is 0 Å². The van der Waals surface area contributed by atoms with Gasteiger partial charge >= 0.3 is 0 Å². The average molecular weight is 527 g/mol. The number of carbonyl (C=O) groups is 2. The van der Waals surface area contributed by atoms with Crippen LogP contribution in [0.5, 0.6) is 0 Å². The molecule has 3 aromatic rings. The van der Waals surface area contributed by atoms with Crippen LogP contribution in [0.25, 0.3) is 0 Å².